The number of nitrogens with one attached hydrogen (secondary N) is 1. The van der Waals surface area contributed by atoms with Gasteiger partial charge in [0.1, 0.15) is 17.1 Å². The molecule has 0 aromatic heterocycles. The highest BCUT2D eigenvalue weighted by atomic mass is 16.7. The van der Waals surface area contributed by atoms with Gasteiger partial charge in [0.15, 0.2) is 31.6 Å². The number of carbonyl (C=O) groups excluding carboxylic acids is 3. The van der Waals surface area contributed by atoms with E-state index in [1.807, 2.05) is 0 Å². The molecule has 6 atom stereocenters. The summed E-state index contributed by atoms with van der Waals surface area (Å²) in [6.07, 6.45) is -3.92. The number of Topliss-reactive ketones (excluding diaryl/α,β-unsaturated/α-hetero) is 1. The first-order valence-corrected chi connectivity index (χ1v) is 12.2. The molecule has 1 aliphatic heterocycles. The van der Waals surface area contributed by atoms with Crippen LogP contribution in [-0.4, -0.2) is 75.9 Å². The average molecular weight is 509 g/mol. The van der Waals surface area contributed by atoms with Gasteiger partial charge in [-0.05, 0) is 13.8 Å². The molecule has 11 heteroatoms. The number of aliphatic hydroxyl groups excluding tert-OH is 1. The quantitative estimate of drug-likeness (QED) is 0.243. The number of rotatable bonds is 4. The number of fused-ring (bicyclic) bond motifs is 3. The van der Waals surface area contributed by atoms with Gasteiger partial charge in [-0.2, -0.15) is 0 Å². The van der Waals surface area contributed by atoms with Gasteiger partial charge >= 0.3 is 0 Å². The van der Waals surface area contributed by atoms with E-state index in [1.165, 1.54) is 19.1 Å². The molecule has 1 fully saturated rings. The van der Waals surface area contributed by atoms with E-state index in [1.54, 1.807) is 27.0 Å². The summed E-state index contributed by atoms with van der Waals surface area (Å²) in [5.41, 5.74) is -2.51. The van der Waals surface area contributed by atoms with Gasteiger partial charge in [-0.25, -0.2) is 0 Å². The number of ether oxygens (including phenoxy) is 2. The van der Waals surface area contributed by atoms with Gasteiger partial charge in [0.2, 0.25) is 0 Å². The average Bonchev–Trinajstić information content (AvgIpc) is 2.86. The summed E-state index contributed by atoms with van der Waals surface area (Å²) >= 11 is 0. The van der Waals surface area contributed by atoms with Crippen molar-refractivity contribution >= 4 is 25.3 Å². The van der Waals surface area contributed by atoms with Crippen LogP contribution in [0.1, 0.15) is 75.8 Å². The topological polar surface area (TPSA) is 163 Å². The van der Waals surface area contributed by atoms with Crippen molar-refractivity contribution in [3.8, 4) is 11.5 Å². The highest BCUT2D eigenvalue weighted by Crippen LogP contribution is 2.52. The van der Waals surface area contributed by atoms with Crippen LogP contribution in [0.25, 0.3) is 0 Å². The van der Waals surface area contributed by atoms with Crippen LogP contribution >= 0.6 is 0 Å². The summed E-state index contributed by atoms with van der Waals surface area (Å²) in [6, 6.07) is 5.74. The minimum atomic E-state index is -1.96. The molecule has 0 amide bonds. The van der Waals surface area contributed by atoms with Crippen LogP contribution in [-0.2, 0) is 20.7 Å². The van der Waals surface area contributed by atoms with Crippen LogP contribution in [0, 0.1) is 0 Å². The Bertz CT molecular complexity index is 1330. The Labute approximate surface area is 213 Å². The summed E-state index contributed by atoms with van der Waals surface area (Å²) in [4.78, 5) is 39.2. The molecule has 5 rings (SSSR count). The molecular formula is C26H28BNO9. The first kappa shape index (κ1) is 25.6. The van der Waals surface area contributed by atoms with Gasteiger partial charge in [0.25, 0.3) is 0 Å². The summed E-state index contributed by atoms with van der Waals surface area (Å²) in [6.45, 7) is 2.88. The molecule has 1 heterocycles. The van der Waals surface area contributed by atoms with E-state index in [4.69, 9.17) is 9.47 Å². The fourth-order valence-corrected chi connectivity index (χ4v) is 5.68. The number of ketones is 3. The molecule has 2 aromatic rings. The molecule has 0 unspecified atom stereocenters. The van der Waals surface area contributed by atoms with Crippen LogP contribution in [0.15, 0.2) is 24.3 Å². The Hall–Kier alpha value is -3.09. The Kier molecular flexibility index (Phi) is 6.24. The third-order valence-electron chi connectivity index (χ3n) is 7.82. The van der Waals surface area contributed by atoms with Crippen molar-refractivity contribution in [1.82, 2.24) is 5.23 Å². The number of hydrogen-bond acceptors (Lipinski definition) is 10. The molecule has 3 aliphatic rings. The van der Waals surface area contributed by atoms with E-state index < -0.39 is 59.1 Å². The van der Waals surface area contributed by atoms with Crippen LogP contribution in [0.5, 0.6) is 11.5 Å². The molecular weight excluding hydrogens is 481 g/mol. The SMILES string of the molecule is BN[C@H]1C[C@H](O[C@H]2C[C@](O)(C(C)=O)Cc3c(O)c4c(c(O)c32)C(=O)c2ccccc2C4=O)O[C@@H](C)[C@H]1O. The van der Waals surface area contributed by atoms with Crippen molar-refractivity contribution in [3.05, 3.63) is 57.6 Å². The van der Waals surface area contributed by atoms with Gasteiger partial charge in [-0.15, -0.1) is 0 Å². The number of aromatic hydroxyl groups is 2. The normalized spacial score (nSPS) is 30.9. The second-order valence-electron chi connectivity index (χ2n) is 10.0. The predicted octanol–water partition coefficient (Wildman–Crippen LogP) is 0.199. The van der Waals surface area contributed by atoms with Gasteiger partial charge in [0, 0.05) is 47.6 Å². The van der Waals surface area contributed by atoms with Crippen molar-refractivity contribution < 1.29 is 44.3 Å². The molecule has 0 spiro atoms. The van der Waals surface area contributed by atoms with Crippen molar-refractivity contribution in [2.24, 2.45) is 0 Å². The molecule has 0 bridgehead atoms. The Balaban J connectivity index is 1.65. The van der Waals surface area contributed by atoms with Crippen LogP contribution in [0.2, 0.25) is 0 Å². The second-order valence-corrected chi connectivity index (χ2v) is 10.0. The fraction of sp³-hybridized carbons (Fsp3) is 0.423. The van der Waals surface area contributed by atoms with E-state index in [0.717, 1.165) is 0 Å². The fourth-order valence-electron chi connectivity index (χ4n) is 5.68. The Morgan fingerprint density at radius 2 is 1.73 bits per heavy atom. The zero-order valence-electron chi connectivity index (χ0n) is 20.6. The van der Waals surface area contributed by atoms with Crippen molar-refractivity contribution in [2.45, 2.75) is 69.4 Å². The highest BCUT2D eigenvalue weighted by molar-refractivity contribution is 6.30. The molecule has 1 saturated heterocycles. The van der Waals surface area contributed by atoms with Gasteiger partial charge in [-0.1, -0.05) is 24.3 Å². The van der Waals surface area contributed by atoms with Crippen molar-refractivity contribution in [3.63, 3.8) is 0 Å². The molecule has 0 saturated carbocycles. The first-order valence-electron chi connectivity index (χ1n) is 12.2. The van der Waals surface area contributed by atoms with E-state index >= 15 is 0 Å². The largest absolute Gasteiger partial charge is 0.507 e. The molecule has 0 radical (unpaired) electrons. The smallest absolute Gasteiger partial charge is 0.198 e. The molecule has 2 aliphatic carbocycles. The summed E-state index contributed by atoms with van der Waals surface area (Å²) in [7, 11) is 1.68. The molecule has 37 heavy (non-hydrogen) atoms. The van der Waals surface area contributed by atoms with Gasteiger partial charge in [-0.3, -0.25) is 14.4 Å². The lowest BCUT2D eigenvalue weighted by atomic mass is 9.72. The third-order valence-corrected chi connectivity index (χ3v) is 7.82. The Morgan fingerprint density at radius 1 is 1.14 bits per heavy atom. The summed E-state index contributed by atoms with van der Waals surface area (Å²) in [5, 5.41) is 47.2. The highest BCUT2D eigenvalue weighted by Gasteiger charge is 2.49. The number of phenolic OH excluding ortho intramolecular Hbond substituents is 2. The number of benzene rings is 2. The van der Waals surface area contributed by atoms with E-state index in [0.29, 0.717) is 0 Å². The number of hydrogen-bond donors (Lipinski definition) is 5. The predicted molar refractivity (Wildman–Crippen MR) is 131 cm³/mol. The lowest BCUT2D eigenvalue weighted by molar-refractivity contribution is -0.248. The summed E-state index contributed by atoms with van der Waals surface area (Å²) in [5.74, 6) is -2.98. The van der Waals surface area contributed by atoms with E-state index in [9.17, 15) is 34.8 Å². The minimum Gasteiger partial charge on any atom is -0.507 e. The van der Waals surface area contributed by atoms with Gasteiger partial charge in [0.05, 0.1) is 29.4 Å². The van der Waals surface area contributed by atoms with Crippen LogP contribution in [0.4, 0.5) is 0 Å². The van der Waals surface area contributed by atoms with Gasteiger partial charge < -0.3 is 35.1 Å². The van der Waals surface area contributed by atoms with Crippen LogP contribution < -0.4 is 5.23 Å². The maximum atomic E-state index is 13.4. The van der Waals surface area contributed by atoms with E-state index in [-0.39, 0.29) is 58.7 Å². The number of carbonyl (C=O) groups is 3. The van der Waals surface area contributed by atoms with Crippen molar-refractivity contribution in [2.75, 3.05) is 0 Å². The zero-order chi connectivity index (χ0) is 26.8. The lowest BCUT2D eigenvalue weighted by Crippen LogP contribution is -2.54. The third kappa shape index (κ3) is 3.89. The molecule has 2 aromatic carbocycles. The molecule has 5 N–H and O–H groups in total. The monoisotopic (exact) mass is 509 g/mol. The summed E-state index contributed by atoms with van der Waals surface area (Å²) < 4.78 is 12.0. The number of aliphatic hydroxyl groups is 2. The first-order chi connectivity index (χ1) is 17.5. The second kappa shape index (κ2) is 9.04. The maximum Gasteiger partial charge on any atom is 0.198 e. The minimum absolute atomic E-state index is 0.0195. The number of phenols is 2. The molecule has 194 valence electrons. The zero-order valence-corrected chi connectivity index (χ0v) is 20.6. The lowest BCUT2D eigenvalue weighted by Gasteiger charge is -2.42. The van der Waals surface area contributed by atoms with Crippen LogP contribution in [0.3, 0.4) is 0 Å². The standard InChI is InChI=1S/C26H28BNO9/c1-10-21(30)15(28-27)7-17(36-10)37-16-9-26(35,11(2)29)8-14-18(16)25(34)20-19(24(14)33)22(31)12-5-3-4-6-13(12)23(20)32/h3-6,10,15-17,21,28,30,33-35H,7-9,27H2,1-2H3/t10-,15-,16-,17-,21+,26-/m0/s1. The van der Waals surface area contributed by atoms with Crippen molar-refractivity contribution in [1.29, 1.82) is 0 Å². The maximum absolute atomic E-state index is 13.4. The molecule has 10 nitrogen and oxygen atoms in total. The Morgan fingerprint density at radius 3 is 2.30 bits per heavy atom. The van der Waals surface area contributed by atoms with E-state index in [2.05, 4.69) is 5.23 Å².